The van der Waals surface area contributed by atoms with Crippen LogP contribution in [0.3, 0.4) is 0 Å². The van der Waals surface area contributed by atoms with Crippen LogP contribution in [0.1, 0.15) is 32.0 Å². The molecule has 0 fully saturated rings. The lowest BCUT2D eigenvalue weighted by Gasteiger charge is -2.18. The molecule has 3 heterocycles. The standard InChI is InChI=1S/C17H13N5O5.C8H11NO/c23-12-6-27-11-2-1-8(3-10(11)22-12)4-19-16(24)15-14-13(20-7-21-15)9(5-18-14)17(25)26;1-10-8-4-2-7(6-9)3-5-8/h1-3,5,7,18H,4,6H2,(H,19,24)(H,22,23)(H,25,26);2-5H,6,9H2,1H3. The van der Waals surface area contributed by atoms with Gasteiger partial charge in [-0.25, -0.2) is 14.8 Å². The minimum Gasteiger partial charge on any atom is -0.497 e. The number of rotatable bonds is 6. The highest BCUT2D eigenvalue weighted by Gasteiger charge is 2.20. The fourth-order valence-corrected chi connectivity index (χ4v) is 3.54. The number of hydrogen-bond acceptors (Lipinski definition) is 8. The molecule has 0 saturated carbocycles. The highest BCUT2D eigenvalue weighted by atomic mass is 16.5. The number of carboxylic acid groups (broad SMARTS) is 1. The minimum absolute atomic E-state index is 0.0265. The first kappa shape index (κ1) is 25.1. The Balaban J connectivity index is 0.000000270. The molecular formula is C25H24N6O6. The Kier molecular flexibility index (Phi) is 7.59. The van der Waals surface area contributed by atoms with Gasteiger partial charge in [-0.1, -0.05) is 18.2 Å². The SMILES string of the molecule is COc1ccc(CN)cc1.O=C1COc2ccc(CNC(=O)c3ncnc4c(C(=O)O)c[nH]c34)cc2N1. The summed E-state index contributed by atoms with van der Waals surface area (Å²) in [6.07, 6.45) is 2.41. The van der Waals surface area contributed by atoms with Crippen LogP contribution in [0.15, 0.2) is 55.0 Å². The third-order valence-electron chi connectivity index (χ3n) is 5.43. The van der Waals surface area contributed by atoms with Gasteiger partial charge in [0.15, 0.2) is 12.3 Å². The fraction of sp³-hybridized carbons (Fsp3) is 0.160. The van der Waals surface area contributed by atoms with Gasteiger partial charge in [-0.3, -0.25) is 9.59 Å². The van der Waals surface area contributed by atoms with Crippen LogP contribution in [0, 0.1) is 0 Å². The number of nitrogens with one attached hydrogen (secondary N) is 3. The summed E-state index contributed by atoms with van der Waals surface area (Å²) in [6.45, 7) is 0.741. The summed E-state index contributed by atoms with van der Waals surface area (Å²) in [5.41, 5.74) is 8.23. The molecule has 1 aliphatic rings. The number of hydrogen-bond donors (Lipinski definition) is 5. The number of nitrogens with zero attached hydrogens (tertiary/aromatic N) is 2. The number of methoxy groups -OCH3 is 1. The van der Waals surface area contributed by atoms with Crippen molar-refractivity contribution in [2.45, 2.75) is 13.1 Å². The van der Waals surface area contributed by atoms with Gasteiger partial charge in [0.1, 0.15) is 28.9 Å². The van der Waals surface area contributed by atoms with E-state index >= 15 is 0 Å². The first-order valence-electron chi connectivity index (χ1n) is 11.1. The van der Waals surface area contributed by atoms with E-state index in [1.165, 1.54) is 6.20 Å². The van der Waals surface area contributed by atoms with E-state index in [0.717, 1.165) is 23.2 Å². The molecule has 2 aromatic carbocycles. The highest BCUT2D eigenvalue weighted by Crippen LogP contribution is 2.28. The molecule has 37 heavy (non-hydrogen) atoms. The van der Waals surface area contributed by atoms with E-state index in [4.69, 9.17) is 20.3 Å². The molecule has 4 aromatic rings. The zero-order valence-electron chi connectivity index (χ0n) is 19.8. The Bertz CT molecular complexity index is 1430. The average Bonchev–Trinajstić information content (AvgIpc) is 3.36. The summed E-state index contributed by atoms with van der Waals surface area (Å²) < 4.78 is 10.3. The summed E-state index contributed by atoms with van der Waals surface area (Å²) in [6, 6.07) is 12.9. The first-order chi connectivity index (χ1) is 17.9. The maximum absolute atomic E-state index is 12.5. The van der Waals surface area contributed by atoms with E-state index in [9.17, 15) is 14.4 Å². The van der Waals surface area contributed by atoms with Crippen molar-refractivity contribution in [3.8, 4) is 11.5 Å². The van der Waals surface area contributed by atoms with Gasteiger partial charge in [0.2, 0.25) is 0 Å². The molecule has 2 amide bonds. The van der Waals surface area contributed by atoms with Gasteiger partial charge >= 0.3 is 5.97 Å². The average molecular weight is 505 g/mol. The molecule has 0 spiro atoms. The summed E-state index contributed by atoms with van der Waals surface area (Å²) in [5.74, 6) is -0.441. The number of aromatic carboxylic acids is 1. The Morgan fingerprint density at radius 2 is 1.92 bits per heavy atom. The Hall–Kier alpha value is -4.97. The van der Waals surface area contributed by atoms with Crippen LogP contribution >= 0.6 is 0 Å². The second-order valence-corrected chi connectivity index (χ2v) is 7.86. The van der Waals surface area contributed by atoms with E-state index in [2.05, 4.69) is 25.6 Å². The lowest BCUT2D eigenvalue weighted by atomic mass is 10.1. The number of H-pyrrole nitrogens is 1. The van der Waals surface area contributed by atoms with Crippen LogP contribution in [-0.2, 0) is 17.9 Å². The third kappa shape index (κ3) is 5.82. The molecule has 0 atom stereocenters. The number of anilines is 1. The van der Waals surface area contributed by atoms with Gasteiger partial charge in [-0.05, 0) is 35.4 Å². The van der Waals surface area contributed by atoms with Crippen LogP contribution in [0.25, 0.3) is 11.0 Å². The molecule has 6 N–H and O–H groups in total. The smallest absolute Gasteiger partial charge is 0.339 e. The van der Waals surface area contributed by atoms with Crippen molar-refractivity contribution in [1.82, 2.24) is 20.3 Å². The number of aromatic nitrogens is 3. The molecule has 12 nitrogen and oxygen atoms in total. The minimum atomic E-state index is -1.15. The summed E-state index contributed by atoms with van der Waals surface area (Å²) in [4.78, 5) is 45.7. The van der Waals surface area contributed by atoms with Gasteiger partial charge in [0.05, 0.1) is 18.3 Å². The van der Waals surface area contributed by atoms with Crippen molar-refractivity contribution in [2.24, 2.45) is 5.73 Å². The molecule has 0 radical (unpaired) electrons. The molecule has 2 aromatic heterocycles. The van der Waals surface area contributed by atoms with Crippen molar-refractivity contribution >= 4 is 34.5 Å². The summed E-state index contributed by atoms with van der Waals surface area (Å²) >= 11 is 0. The maximum Gasteiger partial charge on any atom is 0.339 e. The predicted octanol–water partition coefficient (Wildman–Crippen LogP) is 2.07. The van der Waals surface area contributed by atoms with Crippen molar-refractivity contribution in [3.05, 3.63) is 77.4 Å². The Labute approximate surface area is 210 Å². The Morgan fingerprint density at radius 3 is 2.62 bits per heavy atom. The molecule has 0 aliphatic carbocycles. The molecule has 0 bridgehead atoms. The number of ether oxygens (including phenoxy) is 2. The van der Waals surface area contributed by atoms with Crippen LogP contribution in [0.5, 0.6) is 11.5 Å². The summed E-state index contributed by atoms with van der Waals surface area (Å²) in [7, 11) is 1.65. The number of nitrogens with two attached hydrogens (primary N) is 1. The largest absolute Gasteiger partial charge is 0.497 e. The van der Waals surface area contributed by atoms with E-state index in [0.29, 0.717) is 18.0 Å². The number of fused-ring (bicyclic) bond motifs is 2. The van der Waals surface area contributed by atoms with Crippen LogP contribution in [0.2, 0.25) is 0 Å². The lowest BCUT2D eigenvalue weighted by molar-refractivity contribution is -0.118. The van der Waals surface area contributed by atoms with E-state index in [-0.39, 0.29) is 41.3 Å². The lowest BCUT2D eigenvalue weighted by Crippen LogP contribution is -2.26. The quantitative estimate of drug-likeness (QED) is 0.262. The predicted molar refractivity (Wildman–Crippen MR) is 133 cm³/mol. The van der Waals surface area contributed by atoms with Crippen LogP contribution in [0.4, 0.5) is 5.69 Å². The van der Waals surface area contributed by atoms with Crippen LogP contribution < -0.4 is 25.8 Å². The van der Waals surface area contributed by atoms with Gasteiger partial charge in [0, 0.05) is 19.3 Å². The second-order valence-electron chi connectivity index (χ2n) is 7.86. The number of benzene rings is 2. The molecule has 1 aliphatic heterocycles. The highest BCUT2D eigenvalue weighted by molar-refractivity contribution is 6.08. The zero-order valence-corrected chi connectivity index (χ0v) is 19.8. The maximum atomic E-state index is 12.5. The zero-order chi connectivity index (χ0) is 26.4. The summed E-state index contributed by atoms with van der Waals surface area (Å²) in [5, 5.41) is 14.6. The van der Waals surface area contributed by atoms with Crippen molar-refractivity contribution < 1.29 is 29.0 Å². The molecule has 0 unspecified atom stereocenters. The van der Waals surface area contributed by atoms with Gasteiger partial charge in [-0.2, -0.15) is 0 Å². The number of carboxylic acids is 1. The number of carbonyl (C=O) groups excluding carboxylic acids is 2. The molecule has 0 saturated heterocycles. The number of aromatic amines is 1. The van der Waals surface area contributed by atoms with Crippen molar-refractivity contribution in [3.63, 3.8) is 0 Å². The van der Waals surface area contributed by atoms with Crippen molar-refractivity contribution in [2.75, 3.05) is 19.0 Å². The van der Waals surface area contributed by atoms with E-state index < -0.39 is 11.9 Å². The van der Waals surface area contributed by atoms with Gasteiger partial charge in [0.25, 0.3) is 11.8 Å². The second kappa shape index (κ2) is 11.2. The van der Waals surface area contributed by atoms with Crippen LogP contribution in [-0.4, -0.2) is 51.6 Å². The molecular weight excluding hydrogens is 480 g/mol. The monoisotopic (exact) mass is 504 g/mol. The molecule has 190 valence electrons. The normalized spacial score (nSPS) is 11.9. The first-order valence-corrected chi connectivity index (χ1v) is 11.1. The van der Waals surface area contributed by atoms with Gasteiger partial charge in [-0.15, -0.1) is 0 Å². The third-order valence-corrected chi connectivity index (χ3v) is 5.43. The molecule has 5 rings (SSSR count). The van der Waals surface area contributed by atoms with Crippen molar-refractivity contribution in [1.29, 1.82) is 0 Å². The topological polar surface area (TPSA) is 182 Å². The molecule has 12 heteroatoms. The Morgan fingerprint density at radius 1 is 1.16 bits per heavy atom. The number of amides is 2. The van der Waals surface area contributed by atoms with Gasteiger partial charge < -0.3 is 35.9 Å². The fourth-order valence-electron chi connectivity index (χ4n) is 3.54. The van der Waals surface area contributed by atoms with E-state index in [1.807, 2.05) is 24.3 Å². The van der Waals surface area contributed by atoms with E-state index in [1.54, 1.807) is 25.3 Å². The number of carbonyl (C=O) groups is 3.